The maximum absolute atomic E-state index is 10.5. The summed E-state index contributed by atoms with van der Waals surface area (Å²) in [5.74, 6) is -1.24. The highest BCUT2D eigenvalue weighted by Gasteiger charge is 2.12. The Morgan fingerprint density at radius 1 is 1.33 bits per heavy atom. The molecule has 0 aliphatic heterocycles. The monoisotopic (exact) mass is 323 g/mol. The summed E-state index contributed by atoms with van der Waals surface area (Å²) < 4.78 is 1.75. The molecule has 2 rings (SSSR count). The second-order valence-corrected chi connectivity index (χ2v) is 5.41. The van der Waals surface area contributed by atoms with Gasteiger partial charge in [-0.3, -0.25) is 4.68 Å². The van der Waals surface area contributed by atoms with E-state index in [0.29, 0.717) is 16.6 Å². The van der Waals surface area contributed by atoms with Gasteiger partial charge in [-0.25, -0.2) is 0 Å². The molecule has 1 aromatic carbocycles. The summed E-state index contributed by atoms with van der Waals surface area (Å²) >= 11 is 12.3. The van der Waals surface area contributed by atoms with Crippen LogP contribution in [0.15, 0.2) is 24.3 Å². The van der Waals surface area contributed by atoms with Gasteiger partial charge in [-0.1, -0.05) is 29.3 Å². The number of aromatic nitrogens is 2. The Morgan fingerprint density at radius 3 is 2.52 bits per heavy atom. The van der Waals surface area contributed by atoms with Crippen LogP contribution in [0.1, 0.15) is 22.5 Å². The molecule has 0 N–H and O–H groups in total. The van der Waals surface area contributed by atoms with Gasteiger partial charge in [0.15, 0.2) is 0 Å². The van der Waals surface area contributed by atoms with E-state index in [0.717, 1.165) is 28.6 Å². The molecule has 0 radical (unpaired) electrons. The second-order valence-electron chi connectivity index (χ2n) is 4.59. The number of carbonyl (C=O) groups is 1. The van der Waals surface area contributed by atoms with Crippen molar-refractivity contribution in [3.8, 4) is 0 Å². The van der Waals surface area contributed by atoms with Crippen molar-refractivity contribution in [2.75, 3.05) is 0 Å². The van der Waals surface area contributed by atoms with Crippen molar-refractivity contribution < 1.29 is 9.90 Å². The van der Waals surface area contributed by atoms with E-state index in [1.54, 1.807) is 22.9 Å². The van der Waals surface area contributed by atoms with Gasteiger partial charge < -0.3 is 9.90 Å². The third-order valence-corrected chi connectivity index (χ3v) is 3.90. The fourth-order valence-electron chi connectivity index (χ4n) is 2.09. The van der Waals surface area contributed by atoms with Gasteiger partial charge in [-0.15, -0.1) is 0 Å². The van der Waals surface area contributed by atoms with Crippen LogP contribution < -0.4 is 5.11 Å². The van der Waals surface area contributed by atoms with Crippen molar-refractivity contribution in [2.24, 2.45) is 0 Å². The largest absolute Gasteiger partial charge is 0.545 e. The van der Waals surface area contributed by atoms with Gasteiger partial charge in [0.05, 0.1) is 18.2 Å². The fourth-order valence-corrected chi connectivity index (χ4v) is 2.61. The van der Waals surface area contributed by atoms with Crippen LogP contribution in [0, 0.1) is 13.8 Å². The first kappa shape index (κ1) is 15.6. The van der Waals surface area contributed by atoms with Crippen LogP contribution in [-0.4, -0.2) is 15.7 Å². The number of carboxylic acid groups (broad SMARTS) is 1. The predicted molar refractivity (Wildman–Crippen MR) is 81.3 cm³/mol. The molecule has 1 aromatic heterocycles. The third kappa shape index (κ3) is 3.46. The van der Waals surface area contributed by atoms with Crippen molar-refractivity contribution in [1.82, 2.24) is 9.78 Å². The summed E-state index contributed by atoms with van der Waals surface area (Å²) in [5, 5.41) is 16.1. The summed E-state index contributed by atoms with van der Waals surface area (Å²) in [7, 11) is 0. The molecule has 0 saturated heterocycles. The Bertz CT molecular complexity index is 700. The lowest BCUT2D eigenvalue weighted by Gasteiger charge is -2.09. The smallest absolute Gasteiger partial charge is 0.0692 e. The molecule has 2 aromatic rings. The molecule has 4 nitrogen and oxygen atoms in total. The lowest BCUT2D eigenvalue weighted by atomic mass is 10.1. The number of carboxylic acids is 1. The van der Waals surface area contributed by atoms with Gasteiger partial charge in [0.1, 0.15) is 0 Å². The molecule has 0 amide bonds. The van der Waals surface area contributed by atoms with Crippen LogP contribution >= 0.6 is 23.2 Å². The molecule has 110 valence electrons. The Balaban J connectivity index is 2.38. The SMILES string of the molecule is Cc1nn(Cc2c(Cl)cccc2Cl)c(C)c1/C=C/C(=O)[O-]. The zero-order valence-electron chi connectivity index (χ0n) is 11.6. The van der Waals surface area contributed by atoms with Gasteiger partial charge in [-0.05, 0) is 38.1 Å². The summed E-state index contributed by atoms with van der Waals surface area (Å²) in [6.07, 6.45) is 2.47. The van der Waals surface area contributed by atoms with Crippen molar-refractivity contribution in [3.05, 3.63) is 56.8 Å². The molecule has 0 aliphatic rings. The van der Waals surface area contributed by atoms with E-state index >= 15 is 0 Å². The molecular formula is C15H13Cl2N2O2-. The third-order valence-electron chi connectivity index (χ3n) is 3.19. The van der Waals surface area contributed by atoms with E-state index in [2.05, 4.69) is 5.10 Å². The molecule has 0 aliphatic carbocycles. The standard InChI is InChI=1S/C15H14Cl2N2O2/c1-9-11(6-7-15(20)21)10(2)19(18-9)8-12-13(16)4-3-5-14(12)17/h3-7H,8H2,1-2H3,(H,20,21)/p-1/b7-6+. The number of hydrogen-bond acceptors (Lipinski definition) is 3. The fraction of sp³-hybridized carbons (Fsp3) is 0.200. The van der Waals surface area contributed by atoms with Gasteiger partial charge >= 0.3 is 0 Å². The molecular weight excluding hydrogens is 311 g/mol. The van der Waals surface area contributed by atoms with E-state index < -0.39 is 5.97 Å². The Morgan fingerprint density at radius 2 is 1.95 bits per heavy atom. The molecule has 0 fully saturated rings. The number of nitrogens with zero attached hydrogens (tertiary/aromatic N) is 2. The Kier molecular flexibility index (Phi) is 4.70. The van der Waals surface area contributed by atoms with Crippen LogP contribution in [0.2, 0.25) is 10.0 Å². The van der Waals surface area contributed by atoms with Crippen molar-refractivity contribution in [2.45, 2.75) is 20.4 Å². The molecule has 21 heavy (non-hydrogen) atoms. The predicted octanol–water partition coefficient (Wildman–Crippen LogP) is 2.62. The van der Waals surface area contributed by atoms with Crippen LogP contribution in [0.3, 0.4) is 0 Å². The van der Waals surface area contributed by atoms with E-state index in [1.807, 2.05) is 13.8 Å². The highest BCUT2D eigenvalue weighted by Crippen LogP contribution is 2.26. The number of hydrogen-bond donors (Lipinski definition) is 0. The molecule has 0 spiro atoms. The minimum Gasteiger partial charge on any atom is -0.545 e. The summed E-state index contributed by atoms with van der Waals surface area (Å²) in [6.45, 7) is 4.09. The topological polar surface area (TPSA) is 58.0 Å². The van der Waals surface area contributed by atoms with Crippen LogP contribution in [0.5, 0.6) is 0 Å². The maximum Gasteiger partial charge on any atom is 0.0692 e. The quantitative estimate of drug-likeness (QED) is 0.813. The first-order valence-electron chi connectivity index (χ1n) is 6.26. The lowest BCUT2D eigenvalue weighted by Crippen LogP contribution is -2.18. The lowest BCUT2D eigenvalue weighted by molar-refractivity contribution is -0.297. The molecule has 0 atom stereocenters. The first-order chi connectivity index (χ1) is 9.90. The summed E-state index contributed by atoms with van der Waals surface area (Å²) in [4.78, 5) is 10.5. The summed E-state index contributed by atoms with van der Waals surface area (Å²) in [6, 6.07) is 5.32. The van der Waals surface area contributed by atoms with Crippen molar-refractivity contribution in [3.63, 3.8) is 0 Å². The van der Waals surface area contributed by atoms with E-state index in [-0.39, 0.29) is 0 Å². The van der Waals surface area contributed by atoms with Gasteiger partial charge in [-0.2, -0.15) is 5.10 Å². The Labute approximate surface area is 132 Å². The molecule has 6 heteroatoms. The highest BCUT2D eigenvalue weighted by molar-refractivity contribution is 6.35. The second kappa shape index (κ2) is 6.33. The van der Waals surface area contributed by atoms with Crippen LogP contribution in [-0.2, 0) is 11.3 Å². The molecule has 0 saturated carbocycles. The number of benzene rings is 1. The van der Waals surface area contributed by atoms with Gasteiger partial charge in [0.25, 0.3) is 0 Å². The molecule has 0 bridgehead atoms. The zero-order chi connectivity index (χ0) is 15.6. The Hall–Kier alpha value is -1.78. The van der Waals surface area contributed by atoms with Crippen molar-refractivity contribution >= 4 is 35.2 Å². The normalized spacial score (nSPS) is 11.2. The summed E-state index contributed by atoms with van der Waals surface area (Å²) in [5.41, 5.74) is 3.10. The maximum atomic E-state index is 10.5. The van der Waals surface area contributed by atoms with Crippen LogP contribution in [0.25, 0.3) is 6.08 Å². The minimum atomic E-state index is -1.24. The average molecular weight is 324 g/mol. The number of rotatable bonds is 4. The number of halogens is 2. The van der Waals surface area contributed by atoms with E-state index in [1.165, 1.54) is 6.08 Å². The van der Waals surface area contributed by atoms with Gasteiger partial charge in [0, 0.05) is 26.9 Å². The number of aliphatic carboxylic acids is 1. The zero-order valence-corrected chi connectivity index (χ0v) is 13.1. The first-order valence-corrected chi connectivity index (χ1v) is 7.01. The molecule has 0 unspecified atom stereocenters. The number of carbonyl (C=O) groups excluding carboxylic acids is 1. The van der Waals surface area contributed by atoms with E-state index in [9.17, 15) is 9.90 Å². The van der Waals surface area contributed by atoms with Gasteiger partial charge in [0.2, 0.25) is 0 Å². The van der Waals surface area contributed by atoms with Crippen molar-refractivity contribution in [1.29, 1.82) is 0 Å². The minimum absolute atomic E-state index is 0.421. The van der Waals surface area contributed by atoms with Crippen LogP contribution in [0.4, 0.5) is 0 Å². The average Bonchev–Trinajstić information content (AvgIpc) is 2.67. The molecule has 1 heterocycles. The van der Waals surface area contributed by atoms with E-state index in [4.69, 9.17) is 23.2 Å². The highest BCUT2D eigenvalue weighted by atomic mass is 35.5. The number of aryl methyl sites for hydroxylation is 1.